The molecule has 0 atom stereocenters. The Labute approximate surface area is 68.9 Å². The molecule has 58 valence electrons. The zero-order valence-electron chi connectivity index (χ0n) is 7.52. The summed E-state index contributed by atoms with van der Waals surface area (Å²) < 4.78 is 1.36. The van der Waals surface area contributed by atoms with E-state index in [4.69, 9.17) is 0 Å². The molecule has 0 aromatic rings. The summed E-state index contributed by atoms with van der Waals surface area (Å²) >= 11 is -1.47. The Morgan fingerprint density at radius 3 is 2.10 bits per heavy atom. The molecule has 0 amide bonds. The Hall–Kier alpha value is 0.279. The van der Waals surface area contributed by atoms with Crippen LogP contribution in [0.4, 0.5) is 0 Å². The number of hydrogen-bond donors (Lipinski definition) is 0. The zero-order chi connectivity index (χ0) is 8.04. The summed E-state index contributed by atoms with van der Waals surface area (Å²) in [6, 6.07) is 0. The van der Waals surface area contributed by atoms with Crippen LogP contribution in [-0.2, 0) is 0 Å². The van der Waals surface area contributed by atoms with Crippen LogP contribution < -0.4 is 0 Å². The van der Waals surface area contributed by atoms with Crippen LogP contribution in [0.5, 0.6) is 0 Å². The summed E-state index contributed by atoms with van der Waals surface area (Å²) in [5, 5.41) is 0. The molecular formula is C9H18Sn. The van der Waals surface area contributed by atoms with E-state index in [-0.39, 0.29) is 0 Å². The zero-order valence-corrected chi connectivity index (χ0v) is 10.4. The maximum atomic E-state index is 2.45. The van der Waals surface area contributed by atoms with Gasteiger partial charge in [-0.05, 0) is 0 Å². The molecule has 0 aliphatic heterocycles. The summed E-state index contributed by atoms with van der Waals surface area (Å²) in [7, 11) is 0. The molecule has 0 saturated heterocycles. The second-order valence-corrected chi connectivity index (χ2v) is 19.5. The van der Waals surface area contributed by atoms with Crippen molar-refractivity contribution >= 4 is 18.4 Å². The number of allylic oxidation sites excluding steroid dienone is 4. The third-order valence-electron chi connectivity index (χ3n) is 1.17. The molecular weight excluding hydrogens is 227 g/mol. The first-order valence-corrected chi connectivity index (χ1v) is 14.4. The predicted molar refractivity (Wildman–Crippen MR) is 52.1 cm³/mol. The van der Waals surface area contributed by atoms with Crippen LogP contribution in [0.25, 0.3) is 0 Å². The van der Waals surface area contributed by atoms with Crippen molar-refractivity contribution in [3.05, 3.63) is 24.3 Å². The van der Waals surface area contributed by atoms with Crippen LogP contribution in [0.2, 0.25) is 19.3 Å². The quantitative estimate of drug-likeness (QED) is 0.527. The van der Waals surface area contributed by atoms with Crippen molar-refractivity contribution < 1.29 is 0 Å². The van der Waals surface area contributed by atoms with Crippen LogP contribution in [0.3, 0.4) is 0 Å². The molecule has 0 unspecified atom stereocenters. The van der Waals surface area contributed by atoms with Crippen LogP contribution in [0.1, 0.15) is 6.92 Å². The standard InChI is InChI=1S/C6H9.3CH3.Sn/c1-3-5-6-4-2;;;;/h3-6H,1H2,2H3;3*1H3;/b5-3-,6-4+;;;;. The van der Waals surface area contributed by atoms with Crippen molar-refractivity contribution in [2.24, 2.45) is 0 Å². The van der Waals surface area contributed by atoms with E-state index in [0.29, 0.717) is 0 Å². The summed E-state index contributed by atoms with van der Waals surface area (Å²) in [6.45, 7) is 2.05. The van der Waals surface area contributed by atoms with Gasteiger partial charge in [0.25, 0.3) is 0 Å². The van der Waals surface area contributed by atoms with E-state index in [9.17, 15) is 0 Å². The molecule has 0 nitrogen and oxygen atoms in total. The van der Waals surface area contributed by atoms with E-state index in [1.165, 1.54) is 4.44 Å². The summed E-state index contributed by atoms with van der Waals surface area (Å²) in [6.07, 6.45) is 8.62. The van der Waals surface area contributed by atoms with E-state index in [1.54, 1.807) is 0 Å². The average molecular weight is 245 g/mol. The molecule has 0 saturated carbocycles. The fraction of sp³-hybridized carbons (Fsp3) is 0.556. The van der Waals surface area contributed by atoms with Gasteiger partial charge in [0.2, 0.25) is 0 Å². The van der Waals surface area contributed by atoms with E-state index in [2.05, 4.69) is 39.1 Å². The molecule has 0 fully saturated rings. The minimum atomic E-state index is -1.47. The molecule has 0 N–H and O–H groups in total. The molecule has 1 heteroatoms. The van der Waals surface area contributed by atoms with Crippen molar-refractivity contribution in [1.29, 1.82) is 0 Å². The first-order valence-electron chi connectivity index (χ1n) is 3.84. The molecule has 0 aliphatic carbocycles. The van der Waals surface area contributed by atoms with Gasteiger partial charge in [-0.3, -0.25) is 0 Å². The van der Waals surface area contributed by atoms with Gasteiger partial charge >= 0.3 is 68.9 Å². The van der Waals surface area contributed by atoms with E-state index < -0.39 is 18.4 Å². The van der Waals surface area contributed by atoms with Crippen LogP contribution in [-0.4, -0.2) is 18.4 Å². The van der Waals surface area contributed by atoms with E-state index in [1.807, 2.05) is 6.92 Å². The van der Waals surface area contributed by atoms with Gasteiger partial charge in [0.05, 0.1) is 0 Å². The van der Waals surface area contributed by atoms with E-state index in [0.717, 1.165) is 0 Å². The molecule has 0 spiro atoms. The Morgan fingerprint density at radius 1 is 1.10 bits per heavy atom. The van der Waals surface area contributed by atoms with Crippen LogP contribution >= 0.6 is 0 Å². The fourth-order valence-corrected chi connectivity index (χ4v) is 3.02. The molecule has 0 aromatic carbocycles. The molecule has 0 bridgehead atoms. The average Bonchev–Trinajstić information content (AvgIpc) is 1.78. The van der Waals surface area contributed by atoms with Crippen molar-refractivity contribution in [2.75, 3.05) is 0 Å². The normalized spacial score (nSPS) is 13.6. The first kappa shape index (κ1) is 10.3. The second kappa shape index (κ2) is 5.00. The van der Waals surface area contributed by atoms with Gasteiger partial charge in [-0.2, -0.15) is 0 Å². The summed E-state index contributed by atoms with van der Waals surface area (Å²) in [4.78, 5) is 7.36. The second-order valence-electron chi connectivity index (χ2n) is 3.72. The Morgan fingerprint density at radius 2 is 1.70 bits per heavy atom. The Kier molecular flexibility index (Phi) is 5.14. The van der Waals surface area contributed by atoms with Crippen molar-refractivity contribution in [3.63, 3.8) is 0 Å². The SMILES string of the molecule is C/C=C/C=C\[CH2][Sn]([CH3])([CH3])[CH3]. The van der Waals surface area contributed by atoms with E-state index >= 15 is 0 Å². The molecule has 0 aliphatic rings. The van der Waals surface area contributed by atoms with Gasteiger partial charge in [-0.1, -0.05) is 0 Å². The minimum absolute atomic E-state index is 1.36. The van der Waals surface area contributed by atoms with Gasteiger partial charge < -0.3 is 0 Å². The topological polar surface area (TPSA) is 0 Å². The summed E-state index contributed by atoms with van der Waals surface area (Å²) in [5.41, 5.74) is 0. The Bertz CT molecular complexity index is 126. The maximum absolute atomic E-state index is 2.45. The van der Waals surface area contributed by atoms with Gasteiger partial charge in [-0.15, -0.1) is 0 Å². The van der Waals surface area contributed by atoms with Gasteiger partial charge in [-0.25, -0.2) is 0 Å². The van der Waals surface area contributed by atoms with Gasteiger partial charge in [0, 0.05) is 0 Å². The van der Waals surface area contributed by atoms with Crippen molar-refractivity contribution in [1.82, 2.24) is 0 Å². The fourth-order valence-electron chi connectivity index (χ4n) is 0.611. The third kappa shape index (κ3) is 8.28. The molecule has 0 aromatic heterocycles. The van der Waals surface area contributed by atoms with Crippen molar-refractivity contribution in [3.8, 4) is 0 Å². The first-order chi connectivity index (χ1) is 4.56. The number of rotatable bonds is 3. The third-order valence-corrected chi connectivity index (χ3v) is 5.34. The monoisotopic (exact) mass is 246 g/mol. The molecule has 10 heavy (non-hydrogen) atoms. The predicted octanol–water partition coefficient (Wildman–Crippen LogP) is 3.46. The van der Waals surface area contributed by atoms with Crippen molar-refractivity contribution in [2.45, 2.75) is 26.2 Å². The van der Waals surface area contributed by atoms with Gasteiger partial charge in [0.1, 0.15) is 0 Å². The summed E-state index contributed by atoms with van der Waals surface area (Å²) in [5.74, 6) is 0. The number of hydrogen-bond acceptors (Lipinski definition) is 0. The Balaban J connectivity index is 3.54. The van der Waals surface area contributed by atoms with Gasteiger partial charge in [0.15, 0.2) is 0 Å². The molecule has 0 heterocycles. The van der Waals surface area contributed by atoms with Crippen LogP contribution in [0.15, 0.2) is 24.3 Å². The molecule has 0 radical (unpaired) electrons. The van der Waals surface area contributed by atoms with Crippen LogP contribution in [0, 0.1) is 0 Å². The molecule has 0 rings (SSSR count).